The number of phenolic OH excluding ortho intramolecular Hbond substituents is 1. The van der Waals surface area contributed by atoms with Crippen molar-refractivity contribution < 1.29 is 24.5 Å². The molecule has 0 aromatic heterocycles. The van der Waals surface area contributed by atoms with Gasteiger partial charge in [0.2, 0.25) is 0 Å². The standard InChI is InChI=1S/C11H14N2O5/c1-7(13-11(17)12-6-10(15)16)18-9-4-2-8(14)3-5-9/h2-5,7,14H,6H2,1H3,(H,15,16)(H2,12,13,17). The molecule has 7 heteroatoms. The van der Waals surface area contributed by atoms with Gasteiger partial charge in [0.15, 0.2) is 6.23 Å². The molecule has 0 spiro atoms. The van der Waals surface area contributed by atoms with Crippen molar-refractivity contribution >= 4 is 12.0 Å². The summed E-state index contributed by atoms with van der Waals surface area (Å²) < 4.78 is 5.32. The summed E-state index contributed by atoms with van der Waals surface area (Å²) in [6.07, 6.45) is -0.636. The van der Waals surface area contributed by atoms with Gasteiger partial charge >= 0.3 is 12.0 Å². The van der Waals surface area contributed by atoms with Gasteiger partial charge in [0.25, 0.3) is 0 Å². The van der Waals surface area contributed by atoms with E-state index in [4.69, 9.17) is 14.9 Å². The average molecular weight is 254 g/mol. The highest BCUT2D eigenvalue weighted by Crippen LogP contribution is 2.16. The fourth-order valence-corrected chi connectivity index (χ4v) is 1.15. The zero-order valence-corrected chi connectivity index (χ0v) is 9.71. The number of carboxylic acid groups (broad SMARTS) is 1. The van der Waals surface area contributed by atoms with Gasteiger partial charge in [-0.3, -0.25) is 4.79 Å². The summed E-state index contributed by atoms with van der Waals surface area (Å²) >= 11 is 0. The maximum atomic E-state index is 11.2. The molecule has 1 aromatic carbocycles. The molecule has 0 fully saturated rings. The van der Waals surface area contributed by atoms with Crippen LogP contribution >= 0.6 is 0 Å². The van der Waals surface area contributed by atoms with Crippen LogP contribution in [-0.2, 0) is 4.79 Å². The Morgan fingerprint density at radius 1 is 1.33 bits per heavy atom. The first kappa shape index (κ1) is 13.6. The molecule has 0 radical (unpaired) electrons. The van der Waals surface area contributed by atoms with E-state index in [1.165, 1.54) is 12.1 Å². The molecule has 0 saturated carbocycles. The van der Waals surface area contributed by atoms with Gasteiger partial charge in [-0.05, 0) is 31.2 Å². The molecule has 4 N–H and O–H groups in total. The van der Waals surface area contributed by atoms with Crippen molar-refractivity contribution in [1.82, 2.24) is 10.6 Å². The quantitative estimate of drug-likeness (QED) is 0.572. The number of amides is 2. The van der Waals surface area contributed by atoms with E-state index >= 15 is 0 Å². The highest BCUT2D eigenvalue weighted by atomic mass is 16.5. The Hall–Kier alpha value is -2.44. The minimum absolute atomic E-state index is 0.113. The smallest absolute Gasteiger partial charge is 0.323 e. The lowest BCUT2D eigenvalue weighted by atomic mass is 10.3. The molecule has 0 bridgehead atoms. The van der Waals surface area contributed by atoms with E-state index in [1.807, 2.05) is 0 Å². The minimum atomic E-state index is -1.13. The van der Waals surface area contributed by atoms with Crippen molar-refractivity contribution in [1.29, 1.82) is 0 Å². The number of nitrogens with one attached hydrogen (secondary N) is 2. The van der Waals surface area contributed by atoms with Crippen molar-refractivity contribution in [3.05, 3.63) is 24.3 Å². The van der Waals surface area contributed by atoms with E-state index in [0.717, 1.165) is 0 Å². The minimum Gasteiger partial charge on any atom is -0.508 e. The van der Waals surface area contributed by atoms with Crippen LogP contribution in [0.3, 0.4) is 0 Å². The van der Waals surface area contributed by atoms with Gasteiger partial charge in [-0.15, -0.1) is 0 Å². The molecule has 0 aliphatic carbocycles. The molecule has 1 atom stereocenters. The molecule has 1 unspecified atom stereocenters. The van der Waals surface area contributed by atoms with Gasteiger partial charge < -0.3 is 25.6 Å². The van der Waals surface area contributed by atoms with Gasteiger partial charge in [-0.2, -0.15) is 0 Å². The summed E-state index contributed by atoms with van der Waals surface area (Å²) in [6, 6.07) is 5.36. The van der Waals surface area contributed by atoms with Gasteiger partial charge in [0.05, 0.1) is 0 Å². The second-order valence-corrected chi connectivity index (χ2v) is 3.47. The summed E-state index contributed by atoms with van der Waals surface area (Å²) in [5.41, 5.74) is 0. The Kier molecular flexibility index (Phi) is 4.79. The maximum absolute atomic E-state index is 11.2. The number of hydrogen-bond acceptors (Lipinski definition) is 4. The first-order valence-corrected chi connectivity index (χ1v) is 5.19. The zero-order chi connectivity index (χ0) is 13.5. The monoisotopic (exact) mass is 254 g/mol. The van der Waals surface area contributed by atoms with Crippen molar-refractivity contribution in [2.75, 3.05) is 6.54 Å². The zero-order valence-electron chi connectivity index (χ0n) is 9.71. The molecule has 0 aliphatic heterocycles. The Bertz CT molecular complexity index is 418. The summed E-state index contributed by atoms with van der Waals surface area (Å²) in [6.45, 7) is 1.13. The van der Waals surface area contributed by atoms with Crippen LogP contribution in [0.2, 0.25) is 0 Å². The van der Waals surface area contributed by atoms with Crippen LogP contribution < -0.4 is 15.4 Å². The fraction of sp³-hybridized carbons (Fsp3) is 0.273. The molecule has 0 heterocycles. The van der Waals surface area contributed by atoms with E-state index < -0.39 is 24.8 Å². The largest absolute Gasteiger partial charge is 0.508 e. The number of urea groups is 1. The van der Waals surface area contributed by atoms with Crippen LogP contribution in [0.5, 0.6) is 11.5 Å². The molecule has 1 rings (SSSR count). The molecular weight excluding hydrogens is 240 g/mol. The van der Waals surface area contributed by atoms with Crippen LogP contribution in [0.15, 0.2) is 24.3 Å². The number of benzene rings is 1. The molecule has 0 saturated heterocycles. The second kappa shape index (κ2) is 6.33. The topological polar surface area (TPSA) is 108 Å². The first-order chi connectivity index (χ1) is 8.47. The van der Waals surface area contributed by atoms with E-state index in [2.05, 4.69) is 10.6 Å². The Morgan fingerprint density at radius 2 is 1.94 bits per heavy atom. The maximum Gasteiger partial charge on any atom is 0.323 e. The average Bonchev–Trinajstić information content (AvgIpc) is 2.29. The number of phenols is 1. The lowest BCUT2D eigenvalue weighted by Crippen LogP contribution is -2.44. The van der Waals surface area contributed by atoms with Crippen molar-refractivity contribution in [2.24, 2.45) is 0 Å². The number of aromatic hydroxyl groups is 1. The van der Waals surface area contributed by atoms with Crippen LogP contribution in [0.25, 0.3) is 0 Å². The number of carboxylic acids is 1. The fourth-order valence-electron chi connectivity index (χ4n) is 1.15. The Morgan fingerprint density at radius 3 is 2.50 bits per heavy atom. The first-order valence-electron chi connectivity index (χ1n) is 5.19. The molecule has 1 aromatic rings. The molecule has 98 valence electrons. The van der Waals surface area contributed by atoms with Crippen molar-refractivity contribution in [3.8, 4) is 11.5 Å². The lowest BCUT2D eigenvalue weighted by Gasteiger charge is -2.16. The van der Waals surface area contributed by atoms with Crippen LogP contribution in [-0.4, -0.2) is 35.0 Å². The molecule has 7 nitrogen and oxygen atoms in total. The van der Waals surface area contributed by atoms with Crippen LogP contribution in [0.1, 0.15) is 6.92 Å². The van der Waals surface area contributed by atoms with Gasteiger partial charge in [-0.1, -0.05) is 0 Å². The van der Waals surface area contributed by atoms with Gasteiger partial charge in [0.1, 0.15) is 18.0 Å². The van der Waals surface area contributed by atoms with Crippen molar-refractivity contribution in [2.45, 2.75) is 13.2 Å². The van der Waals surface area contributed by atoms with Crippen LogP contribution in [0, 0.1) is 0 Å². The van der Waals surface area contributed by atoms with E-state index in [0.29, 0.717) is 5.75 Å². The second-order valence-electron chi connectivity index (χ2n) is 3.47. The summed E-state index contributed by atoms with van der Waals surface area (Å²) in [5.74, 6) is -0.543. The van der Waals surface area contributed by atoms with E-state index in [-0.39, 0.29) is 5.75 Å². The molecule has 0 aliphatic rings. The predicted octanol–water partition coefficient (Wildman–Crippen LogP) is 0.501. The normalized spacial score (nSPS) is 11.4. The molecule has 2 amide bonds. The third kappa shape index (κ3) is 5.06. The van der Waals surface area contributed by atoms with Gasteiger partial charge in [0, 0.05) is 0 Å². The number of carbonyl (C=O) groups excluding carboxylic acids is 1. The number of hydrogen-bond donors (Lipinski definition) is 4. The number of rotatable bonds is 5. The summed E-state index contributed by atoms with van der Waals surface area (Å²) in [4.78, 5) is 21.4. The molecular formula is C11H14N2O5. The van der Waals surface area contributed by atoms with E-state index in [1.54, 1.807) is 19.1 Å². The number of carbonyl (C=O) groups is 2. The summed E-state index contributed by atoms with van der Waals surface area (Å²) in [7, 11) is 0. The summed E-state index contributed by atoms with van der Waals surface area (Å²) in [5, 5.41) is 22.0. The highest BCUT2D eigenvalue weighted by Gasteiger charge is 2.09. The van der Waals surface area contributed by atoms with Crippen molar-refractivity contribution in [3.63, 3.8) is 0 Å². The Balaban J connectivity index is 2.36. The third-order valence-corrected chi connectivity index (χ3v) is 1.88. The van der Waals surface area contributed by atoms with Crippen LogP contribution in [0.4, 0.5) is 4.79 Å². The number of ether oxygens (including phenoxy) is 1. The molecule has 18 heavy (non-hydrogen) atoms. The third-order valence-electron chi connectivity index (χ3n) is 1.88. The van der Waals surface area contributed by atoms with E-state index in [9.17, 15) is 9.59 Å². The number of aliphatic carboxylic acids is 1. The van der Waals surface area contributed by atoms with Gasteiger partial charge in [-0.25, -0.2) is 4.79 Å². The predicted molar refractivity (Wildman–Crippen MR) is 62.4 cm³/mol. The lowest BCUT2D eigenvalue weighted by molar-refractivity contribution is -0.135. The SMILES string of the molecule is CC(NC(=O)NCC(=O)O)Oc1ccc(O)cc1. The Labute approximate surface area is 103 Å². The highest BCUT2D eigenvalue weighted by molar-refractivity contribution is 5.79.